The van der Waals surface area contributed by atoms with Crippen LogP contribution in [0.5, 0.6) is 5.88 Å². The standard InChI is InChI=1S/C17H12F3N5O2S/c1-27-13-5-4-10-14(24-13)25-16(22-10)28-7-12-21-11-6-8(17(18,19)20)2-3-9(11)15(26)23-12/h2-6H,7H2,1H3,(H,21,23,26)(H,22,24,25). The van der Waals surface area contributed by atoms with Crippen molar-refractivity contribution in [2.45, 2.75) is 17.1 Å². The van der Waals surface area contributed by atoms with Crippen LogP contribution in [-0.4, -0.2) is 32.0 Å². The summed E-state index contributed by atoms with van der Waals surface area (Å²) in [5.41, 5.74) is -0.181. The molecule has 11 heteroatoms. The van der Waals surface area contributed by atoms with Gasteiger partial charge in [-0.15, -0.1) is 0 Å². The first-order chi connectivity index (χ1) is 13.3. The second-order valence-corrected chi connectivity index (χ2v) is 6.76. The van der Waals surface area contributed by atoms with Crippen molar-refractivity contribution in [3.63, 3.8) is 0 Å². The Morgan fingerprint density at radius 1 is 1.11 bits per heavy atom. The van der Waals surface area contributed by atoms with Crippen LogP contribution in [0.1, 0.15) is 11.4 Å². The zero-order valence-corrected chi connectivity index (χ0v) is 15.1. The molecule has 0 aliphatic heterocycles. The number of benzene rings is 1. The molecule has 0 saturated heterocycles. The molecule has 3 aromatic heterocycles. The molecule has 0 radical (unpaired) electrons. The number of pyridine rings is 1. The van der Waals surface area contributed by atoms with Gasteiger partial charge in [-0.25, -0.2) is 9.97 Å². The number of aromatic nitrogens is 5. The molecular formula is C17H12F3N5O2S. The summed E-state index contributed by atoms with van der Waals surface area (Å²) < 4.78 is 43.7. The van der Waals surface area contributed by atoms with Gasteiger partial charge in [-0.05, 0) is 24.3 Å². The zero-order chi connectivity index (χ0) is 19.9. The van der Waals surface area contributed by atoms with Crippen LogP contribution in [0.4, 0.5) is 13.2 Å². The number of alkyl halides is 3. The number of nitrogens with one attached hydrogen (secondary N) is 2. The summed E-state index contributed by atoms with van der Waals surface area (Å²) in [6, 6.07) is 6.32. The lowest BCUT2D eigenvalue weighted by atomic mass is 10.1. The van der Waals surface area contributed by atoms with Gasteiger partial charge in [0.05, 0.1) is 34.8 Å². The Kier molecular flexibility index (Phi) is 4.46. The first-order valence-electron chi connectivity index (χ1n) is 7.97. The maximum absolute atomic E-state index is 12.9. The summed E-state index contributed by atoms with van der Waals surface area (Å²) in [6.45, 7) is 0. The fraction of sp³-hybridized carbons (Fsp3) is 0.176. The van der Waals surface area contributed by atoms with E-state index in [4.69, 9.17) is 4.74 Å². The Balaban J connectivity index is 1.61. The first kappa shape index (κ1) is 18.3. The third kappa shape index (κ3) is 3.52. The summed E-state index contributed by atoms with van der Waals surface area (Å²) in [5.74, 6) is 0.877. The number of hydrogen-bond donors (Lipinski definition) is 2. The summed E-state index contributed by atoms with van der Waals surface area (Å²) in [4.78, 5) is 30.5. The molecule has 2 N–H and O–H groups in total. The van der Waals surface area contributed by atoms with Crippen LogP contribution < -0.4 is 10.3 Å². The lowest BCUT2D eigenvalue weighted by Crippen LogP contribution is -2.13. The molecule has 4 rings (SSSR count). The van der Waals surface area contributed by atoms with Crippen LogP contribution in [0, 0.1) is 0 Å². The molecule has 7 nitrogen and oxygen atoms in total. The van der Waals surface area contributed by atoms with E-state index in [9.17, 15) is 18.0 Å². The van der Waals surface area contributed by atoms with Gasteiger partial charge in [-0.2, -0.15) is 18.2 Å². The third-order valence-electron chi connectivity index (χ3n) is 3.94. The third-order valence-corrected chi connectivity index (χ3v) is 4.82. The van der Waals surface area contributed by atoms with Crippen molar-refractivity contribution in [1.82, 2.24) is 24.9 Å². The van der Waals surface area contributed by atoms with Crippen molar-refractivity contribution in [3.8, 4) is 5.88 Å². The Bertz CT molecular complexity index is 1240. The highest BCUT2D eigenvalue weighted by Crippen LogP contribution is 2.30. The van der Waals surface area contributed by atoms with Gasteiger partial charge in [0, 0.05) is 6.07 Å². The minimum atomic E-state index is -4.50. The molecule has 0 fully saturated rings. The van der Waals surface area contributed by atoms with Crippen LogP contribution >= 0.6 is 11.8 Å². The number of hydrogen-bond acceptors (Lipinski definition) is 6. The molecule has 0 saturated carbocycles. The molecule has 1 aromatic carbocycles. The van der Waals surface area contributed by atoms with E-state index in [1.165, 1.54) is 18.9 Å². The smallest absolute Gasteiger partial charge is 0.416 e. The molecule has 0 amide bonds. The van der Waals surface area contributed by atoms with E-state index in [1.54, 1.807) is 12.1 Å². The average molecular weight is 407 g/mol. The molecule has 3 heterocycles. The van der Waals surface area contributed by atoms with Crippen LogP contribution in [0.2, 0.25) is 0 Å². The number of nitrogens with zero attached hydrogens (tertiary/aromatic N) is 3. The minimum absolute atomic E-state index is 0.00909. The number of fused-ring (bicyclic) bond motifs is 2. The van der Waals surface area contributed by atoms with Crippen LogP contribution in [-0.2, 0) is 11.9 Å². The van der Waals surface area contributed by atoms with E-state index >= 15 is 0 Å². The minimum Gasteiger partial charge on any atom is -0.481 e. The zero-order valence-electron chi connectivity index (χ0n) is 14.3. The topological polar surface area (TPSA) is 96.5 Å². The fourth-order valence-corrected chi connectivity index (χ4v) is 3.35. The van der Waals surface area contributed by atoms with Crippen molar-refractivity contribution in [3.05, 3.63) is 52.1 Å². The van der Waals surface area contributed by atoms with Crippen LogP contribution in [0.3, 0.4) is 0 Å². The Morgan fingerprint density at radius 2 is 1.93 bits per heavy atom. The maximum Gasteiger partial charge on any atom is 0.416 e. The van der Waals surface area contributed by atoms with Crippen molar-refractivity contribution in [1.29, 1.82) is 0 Å². The lowest BCUT2D eigenvalue weighted by Gasteiger charge is -2.08. The quantitative estimate of drug-likeness (QED) is 0.503. The number of imidazole rings is 1. The number of thioether (sulfide) groups is 1. The van der Waals surface area contributed by atoms with Gasteiger partial charge in [0.2, 0.25) is 5.88 Å². The number of ether oxygens (including phenoxy) is 1. The van der Waals surface area contributed by atoms with Crippen molar-refractivity contribution in [2.24, 2.45) is 0 Å². The average Bonchev–Trinajstić information content (AvgIpc) is 3.07. The second kappa shape index (κ2) is 6.82. The van der Waals surface area contributed by atoms with Crippen LogP contribution in [0.15, 0.2) is 40.3 Å². The molecule has 0 bridgehead atoms. The van der Waals surface area contributed by atoms with Gasteiger partial charge < -0.3 is 14.7 Å². The van der Waals surface area contributed by atoms with Gasteiger partial charge in [-0.3, -0.25) is 4.79 Å². The van der Waals surface area contributed by atoms with E-state index < -0.39 is 17.3 Å². The van der Waals surface area contributed by atoms with Gasteiger partial charge in [0.15, 0.2) is 10.8 Å². The highest BCUT2D eigenvalue weighted by atomic mass is 32.2. The number of halogens is 3. The molecule has 0 unspecified atom stereocenters. The lowest BCUT2D eigenvalue weighted by molar-refractivity contribution is -0.137. The van der Waals surface area contributed by atoms with Gasteiger partial charge >= 0.3 is 6.18 Å². The highest BCUT2D eigenvalue weighted by molar-refractivity contribution is 7.98. The number of rotatable bonds is 4. The van der Waals surface area contributed by atoms with Gasteiger partial charge in [0.25, 0.3) is 5.56 Å². The van der Waals surface area contributed by atoms with Crippen LogP contribution in [0.25, 0.3) is 22.1 Å². The normalized spacial score (nSPS) is 12.0. The molecule has 0 aliphatic carbocycles. The Morgan fingerprint density at radius 3 is 2.68 bits per heavy atom. The summed E-state index contributed by atoms with van der Waals surface area (Å²) in [7, 11) is 1.50. The molecule has 0 atom stereocenters. The van der Waals surface area contributed by atoms with Gasteiger partial charge in [0.1, 0.15) is 5.82 Å². The monoisotopic (exact) mass is 407 g/mol. The van der Waals surface area contributed by atoms with Crippen molar-refractivity contribution in [2.75, 3.05) is 7.11 Å². The van der Waals surface area contributed by atoms with E-state index in [1.807, 2.05) is 0 Å². The van der Waals surface area contributed by atoms with Crippen molar-refractivity contribution < 1.29 is 17.9 Å². The number of methoxy groups -OCH3 is 1. The largest absolute Gasteiger partial charge is 0.481 e. The van der Waals surface area contributed by atoms with E-state index in [0.717, 1.165) is 18.2 Å². The first-order valence-corrected chi connectivity index (χ1v) is 8.96. The molecular weight excluding hydrogens is 395 g/mol. The number of aromatic amines is 2. The highest BCUT2D eigenvalue weighted by Gasteiger charge is 2.30. The predicted octanol–water partition coefficient (Wildman–Crippen LogP) is 3.51. The maximum atomic E-state index is 12.9. The molecule has 28 heavy (non-hydrogen) atoms. The molecule has 0 aliphatic rings. The summed E-state index contributed by atoms with van der Waals surface area (Å²) in [6.07, 6.45) is -4.50. The van der Waals surface area contributed by atoms with Crippen molar-refractivity contribution >= 4 is 33.8 Å². The second-order valence-electron chi connectivity index (χ2n) is 5.80. The van der Waals surface area contributed by atoms with E-state index in [-0.39, 0.29) is 22.5 Å². The SMILES string of the molecule is COc1ccc2[nH]c(SCc3nc4cc(C(F)(F)F)ccc4c(=O)[nH]3)nc2n1. The fourth-order valence-electron chi connectivity index (χ4n) is 2.60. The molecule has 4 aromatic rings. The summed E-state index contributed by atoms with van der Waals surface area (Å²) in [5, 5.41) is 0.629. The Hall–Kier alpha value is -3.08. The molecule has 144 valence electrons. The predicted molar refractivity (Wildman–Crippen MR) is 97.4 cm³/mol. The van der Waals surface area contributed by atoms with Gasteiger partial charge in [-0.1, -0.05) is 11.8 Å². The Labute approximate surface area is 159 Å². The van der Waals surface area contributed by atoms with E-state index in [2.05, 4.69) is 24.9 Å². The summed E-state index contributed by atoms with van der Waals surface area (Å²) >= 11 is 1.24. The number of H-pyrrole nitrogens is 2. The van der Waals surface area contributed by atoms with E-state index in [0.29, 0.717) is 22.2 Å². The molecule has 0 spiro atoms.